The van der Waals surface area contributed by atoms with Gasteiger partial charge in [-0.3, -0.25) is 4.79 Å². The SMILES string of the molecule is CCC1CCC(NCC(=O)N2CCN(C)CC2)CC1. The first-order valence-corrected chi connectivity index (χ1v) is 7.88. The van der Waals surface area contributed by atoms with E-state index in [4.69, 9.17) is 0 Å². The Labute approximate surface area is 117 Å². The number of amides is 1. The quantitative estimate of drug-likeness (QED) is 0.834. The Hall–Kier alpha value is -0.610. The van der Waals surface area contributed by atoms with Crippen molar-refractivity contribution in [1.82, 2.24) is 15.1 Å². The van der Waals surface area contributed by atoms with Gasteiger partial charge in [-0.25, -0.2) is 0 Å². The highest BCUT2D eigenvalue weighted by atomic mass is 16.2. The molecule has 0 aromatic heterocycles. The normalized spacial score (nSPS) is 29.5. The van der Waals surface area contributed by atoms with Crippen molar-refractivity contribution in [2.24, 2.45) is 5.92 Å². The van der Waals surface area contributed by atoms with Crippen molar-refractivity contribution in [3.63, 3.8) is 0 Å². The Balaban J connectivity index is 1.64. The maximum absolute atomic E-state index is 12.1. The van der Waals surface area contributed by atoms with Gasteiger partial charge in [-0.15, -0.1) is 0 Å². The van der Waals surface area contributed by atoms with E-state index in [1.54, 1.807) is 0 Å². The average Bonchev–Trinajstić information content (AvgIpc) is 2.46. The standard InChI is InChI=1S/C15H29N3O/c1-3-13-4-6-14(7-5-13)16-12-15(19)18-10-8-17(2)9-11-18/h13-14,16H,3-12H2,1-2H3. The molecule has 0 radical (unpaired) electrons. The van der Waals surface area contributed by atoms with E-state index in [1.807, 2.05) is 4.90 Å². The van der Waals surface area contributed by atoms with E-state index in [1.165, 1.54) is 32.1 Å². The van der Waals surface area contributed by atoms with Crippen LogP contribution >= 0.6 is 0 Å². The van der Waals surface area contributed by atoms with Gasteiger partial charge in [0.25, 0.3) is 0 Å². The van der Waals surface area contributed by atoms with Gasteiger partial charge >= 0.3 is 0 Å². The molecule has 1 amide bonds. The van der Waals surface area contributed by atoms with Crippen molar-refractivity contribution in [1.29, 1.82) is 0 Å². The fourth-order valence-electron chi connectivity index (χ4n) is 3.17. The fraction of sp³-hybridized carbons (Fsp3) is 0.933. The summed E-state index contributed by atoms with van der Waals surface area (Å²) in [4.78, 5) is 16.4. The third-order valence-electron chi connectivity index (χ3n) is 4.82. The summed E-state index contributed by atoms with van der Waals surface area (Å²) in [7, 11) is 2.12. The van der Waals surface area contributed by atoms with Crippen LogP contribution in [0.3, 0.4) is 0 Å². The molecule has 110 valence electrons. The molecule has 0 aromatic rings. The lowest BCUT2D eigenvalue weighted by Gasteiger charge is -2.33. The summed E-state index contributed by atoms with van der Waals surface area (Å²) in [6, 6.07) is 0.569. The number of hydrogen-bond acceptors (Lipinski definition) is 3. The third kappa shape index (κ3) is 4.46. The van der Waals surface area contributed by atoms with Crippen LogP contribution in [0, 0.1) is 5.92 Å². The highest BCUT2D eigenvalue weighted by Gasteiger charge is 2.22. The van der Waals surface area contributed by atoms with Crippen LogP contribution in [0.25, 0.3) is 0 Å². The molecule has 4 heteroatoms. The lowest BCUT2D eigenvalue weighted by atomic mass is 9.84. The second-order valence-corrected chi connectivity index (χ2v) is 6.19. The van der Waals surface area contributed by atoms with Gasteiger partial charge in [0, 0.05) is 32.2 Å². The molecule has 0 spiro atoms. The maximum atomic E-state index is 12.1. The van der Waals surface area contributed by atoms with Gasteiger partial charge < -0.3 is 15.1 Å². The number of piperazine rings is 1. The lowest BCUT2D eigenvalue weighted by Crippen LogP contribution is -2.50. The van der Waals surface area contributed by atoms with Crippen molar-refractivity contribution >= 4 is 5.91 Å². The molecule has 1 aliphatic heterocycles. The fourth-order valence-corrected chi connectivity index (χ4v) is 3.17. The van der Waals surface area contributed by atoms with Gasteiger partial charge in [0.15, 0.2) is 0 Å². The minimum atomic E-state index is 0.283. The molecule has 0 atom stereocenters. The van der Waals surface area contributed by atoms with Crippen LogP contribution in [-0.4, -0.2) is 61.5 Å². The highest BCUT2D eigenvalue weighted by molar-refractivity contribution is 5.78. The summed E-state index contributed by atoms with van der Waals surface area (Å²) < 4.78 is 0. The van der Waals surface area contributed by atoms with E-state index in [2.05, 4.69) is 24.2 Å². The molecular weight excluding hydrogens is 238 g/mol. The molecule has 1 N–H and O–H groups in total. The number of likely N-dealkylation sites (N-methyl/N-ethyl adjacent to an activating group) is 1. The Morgan fingerprint density at radius 3 is 2.32 bits per heavy atom. The molecule has 2 fully saturated rings. The van der Waals surface area contributed by atoms with E-state index in [9.17, 15) is 4.79 Å². The van der Waals surface area contributed by atoms with Gasteiger partial charge in [0.05, 0.1) is 6.54 Å². The number of carbonyl (C=O) groups excluding carboxylic acids is 1. The Morgan fingerprint density at radius 1 is 1.11 bits per heavy atom. The summed E-state index contributed by atoms with van der Waals surface area (Å²) >= 11 is 0. The van der Waals surface area contributed by atoms with Crippen LogP contribution in [0.2, 0.25) is 0 Å². The smallest absolute Gasteiger partial charge is 0.236 e. The molecular formula is C15H29N3O. The summed E-state index contributed by atoms with van der Waals surface area (Å²) in [6.07, 6.45) is 6.46. The number of hydrogen-bond donors (Lipinski definition) is 1. The predicted octanol–water partition coefficient (Wildman–Crippen LogP) is 1.32. The minimum absolute atomic E-state index is 0.283. The van der Waals surface area contributed by atoms with E-state index in [0.29, 0.717) is 12.6 Å². The molecule has 4 nitrogen and oxygen atoms in total. The van der Waals surface area contributed by atoms with E-state index >= 15 is 0 Å². The molecule has 1 saturated heterocycles. The largest absolute Gasteiger partial charge is 0.339 e. The van der Waals surface area contributed by atoms with Gasteiger partial charge in [0.2, 0.25) is 5.91 Å². The maximum Gasteiger partial charge on any atom is 0.236 e. The second kappa shape index (κ2) is 7.25. The summed E-state index contributed by atoms with van der Waals surface area (Å²) in [5.41, 5.74) is 0. The molecule has 1 saturated carbocycles. The van der Waals surface area contributed by atoms with Gasteiger partial charge in [-0.1, -0.05) is 13.3 Å². The van der Waals surface area contributed by atoms with Crippen LogP contribution in [-0.2, 0) is 4.79 Å². The summed E-state index contributed by atoms with van der Waals surface area (Å²) in [6.45, 7) is 6.61. The van der Waals surface area contributed by atoms with E-state index in [0.717, 1.165) is 32.1 Å². The molecule has 2 aliphatic rings. The highest BCUT2D eigenvalue weighted by Crippen LogP contribution is 2.26. The first kappa shape index (κ1) is 14.8. The van der Waals surface area contributed by atoms with Gasteiger partial charge in [0.1, 0.15) is 0 Å². The Morgan fingerprint density at radius 2 is 1.74 bits per heavy atom. The lowest BCUT2D eigenvalue weighted by molar-refractivity contribution is -0.132. The second-order valence-electron chi connectivity index (χ2n) is 6.19. The summed E-state index contributed by atoms with van der Waals surface area (Å²) in [5, 5.41) is 3.47. The first-order valence-electron chi connectivity index (χ1n) is 7.88. The van der Waals surface area contributed by atoms with Gasteiger partial charge in [-0.2, -0.15) is 0 Å². The van der Waals surface area contributed by atoms with Crippen molar-refractivity contribution in [2.75, 3.05) is 39.8 Å². The number of nitrogens with one attached hydrogen (secondary N) is 1. The van der Waals surface area contributed by atoms with Crippen molar-refractivity contribution < 1.29 is 4.79 Å². The van der Waals surface area contributed by atoms with Crippen LogP contribution < -0.4 is 5.32 Å². The predicted molar refractivity (Wildman–Crippen MR) is 78.1 cm³/mol. The van der Waals surface area contributed by atoms with Crippen molar-refractivity contribution in [3.05, 3.63) is 0 Å². The van der Waals surface area contributed by atoms with Crippen molar-refractivity contribution in [2.45, 2.75) is 45.1 Å². The first-order chi connectivity index (χ1) is 9.19. The van der Waals surface area contributed by atoms with Crippen LogP contribution in [0.5, 0.6) is 0 Å². The summed E-state index contributed by atoms with van der Waals surface area (Å²) in [5.74, 6) is 1.21. The number of rotatable bonds is 4. The average molecular weight is 267 g/mol. The molecule has 1 heterocycles. The van der Waals surface area contributed by atoms with Crippen molar-refractivity contribution in [3.8, 4) is 0 Å². The molecule has 0 aromatic carbocycles. The molecule has 2 rings (SSSR count). The Kier molecular flexibility index (Phi) is 5.64. The monoisotopic (exact) mass is 267 g/mol. The number of carbonyl (C=O) groups is 1. The van der Waals surface area contributed by atoms with E-state index in [-0.39, 0.29) is 5.91 Å². The topological polar surface area (TPSA) is 35.6 Å². The molecule has 0 bridgehead atoms. The van der Waals surface area contributed by atoms with E-state index < -0.39 is 0 Å². The Bertz CT molecular complexity index is 279. The van der Waals surface area contributed by atoms with Gasteiger partial charge in [-0.05, 0) is 38.6 Å². The molecule has 0 unspecified atom stereocenters. The molecule has 1 aliphatic carbocycles. The molecule has 19 heavy (non-hydrogen) atoms. The minimum Gasteiger partial charge on any atom is -0.339 e. The zero-order chi connectivity index (χ0) is 13.7. The number of nitrogens with zero attached hydrogens (tertiary/aromatic N) is 2. The van der Waals surface area contributed by atoms with Crippen LogP contribution in [0.15, 0.2) is 0 Å². The third-order valence-corrected chi connectivity index (χ3v) is 4.82. The van der Waals surface area contributed by atoms with Crippen LogP contribution in [0.1, 0.15) is 39.0 Å². The van der Waals surface area contributed by atoms with Crippen LogP contribution in [0.4, 0.5) is 0 Å². The zero-order valence-corrected chi connectivity index (χ0v) is 12.5. The zero-order valence-electron chi connectivity index (χ0n) is 12.5.